The van der Waals surface area contributed by atoms with Crippen molar-refractivity contribution in [3.63, 3.8) is 0 Å². The van der Waals surface area contributed by atoms with Crippen molar-refractivity contribution >= 4 is 5.96 Å². The molecule has 0 radical (unpaired) electrons. The molecule has 0 bridgehead atoms. The summed E-state index contributed by atoms with van der Waals surface area (Å²) in [5.74, 6) is 2.79. The van der Waals surface area contributed by atoms with Gasteiger partial charge < -0.3 is 25.2 Å². The molecule has 1 aliphatic carbocycles. The first-order valence-corrected chi connectivity index (χ1v) is 10.5. The second-order valence-electron chi connectivity index (χ2n) is 7.99. The number of nitrogens with zero attached hydrogens (tertiary/aromatic N) is 1. The van der Waals surface area contributed by atoms with Crippen LogP contribution in [-0.2, 0) is 4.74 Å². The molecular formula is C22H37N3O3. The number of nitrogens with one attached hydrogen (secondary N) is 2. The number of rotatable bonds is 12. The number of guanidine groups is 1. The van der Waals surface area contributed by atoms with E-state index in [4.69, 9.17) is 9.47 Å². The van der Waals surface area contributed by atoms with Gasteiger partial charge in [-0.05, 0) is 56.2 Å². The molecule has 1 aromatic rings. The predicted molar refractivity (Wildman–Crippen MR) is 114 cm³/mol. The highest BCUT2D eigenvalue weighted by molar-refractivity contribution is 5.80. The van der Waals surface area contributed by atoms with E-state index in [0.717, 1.165) is 31.1 Å². The lowest BCUT2D eigenvalue weighted by atomic mass is 10.1. The molecule has 0 saturated heterocycles. The lowest BCUT2D eigenvalue weighted by molar-refractivity contribution is 0.0368. The van der Waals surface area contributed by atoms with Crippen LogP contribution in [0.5, 0.6) is 5.75 Å². The summed E-state index contributed by atoms with van der Waals surface area (Å²) in [7, 11) is 0. The molecule has 1 saturated carbocycles. The third kappa shape index (κ3) is 8.93. The molecule has 0 aromatic heterocycles. The fourth-order valence-electron chi connectivity index (χ4n) is 2.63. The van der Waals surface area contributed by atoms with E-state index in [1.807, 2.05) is 19.1 Å². The van der Waals surface area contributed by atoms with E-state index in [9.17, 15) is 5.11 Å². The van der Waals surface area contributed by atoms with Gasteiger partial charge in [0.1, 0.15) is 5.75 Å². The Bertz CT molecular complexity index is 585. The van der Waals surface area contributed by atoms with Crippen LogP contribution in [-0.4, -0.2) is 50.1 Å². The van der Waals surface area contributed by atoms with Gasteiger partial charge in [0.2, 0.25) is 0 Å². The molecule has 0 amide bonds. The Morgan fingerprint density at radius 2 is 1.89 bits per heavy atom. The number of hydrogen-bond donors (Lipinski definition) is 3. The summed E-state index contributed by atoms with van der Waals surface area (Å²) >= 11 is 0. The number of aliphatic hydroxyl groups is 1. The minimum atomic E-state index is -0.582. The smallest absolute Gasteiger partial charge is 0.191 e. The topological polar surface area (TPSA) is 75.1 Å². The van der Waals surface area contributed by atoms with Crippen molar-refractivity contribution in [3.8, 4) is 5.75 Å². The van der Waals surface area contributed by atoms with E-state index < -0.39 is 6.10 Å². The fraction of sp³-hybridized carbons (Fsp3) is 0.682. The molecule has 0 aliphatic heterocycles. The van der Waals surface area contributed by atoms with Gasteiger partial charge in [-0.2, -0.15) is 0 Å². The second-order valence-corrected chi connectivity index (χ2v) is 7.99. The molecule has 0 heterocycles. The van der Waals surface area contributed by atoms with Crippen LogP contribution >= 0.6 is 0 Å². The second kappa shape index (κ2) is 11.9. The minimum absolute atomic E-state index is 0.0835. The Labute approximate surface area is 169 Å². The van der Waals surface area contributed by atoms with Gasteiger partial charge in [0.05, 0.1) is 31.9 Å². The number of ether oxygens (including phenoxy) is 2. The average molecular weight is 392 g/mol. The molecule has 6 heteroatoms. The van der Waals surface area contributed by atoms with Gasteiger partial charge in [-0.25, -0.2) is 0 Å². The first-order chi connectivity index (χ1) is 13.5. The van der Waals surface area contributed by atoms with Crippen molar-refractivity contribution in [1.29, 1.82) is 0 Å². The molecule has 6 nitrogen and oxygen atoms in total. The van der Waals surface area contributed by atoms with Crippen LogP contribution in [0.25, 0.3) is 0 Å². The van der Waals surface area contributed by atoms with E-state index in [1.165, 1.54) is 12.8 Å². The van der Waals surface area contributed by atoms with Gasteiger partial charge in [-0.15, -0.1) is 0 Å². The van der Waals surface area contributed by atoms with E-state index in [2.05, 4.69) is 48.5 Å². The highest BCUT2D eigenvalue weighted by atomic mass is 16.5. The molecule has 3 N–H and O–H groups in total. The first kappa shape index (κ1) is 22.5. The normalized spacial score (nSPS) is 16.7. The van der Waals surface area contributed by atoms with Crippen molar-refractivity contribution in [3.05, 3.63) is 29.8 Å². The Hall–Kier alpha value is -1.79. The average Bonchev–Trinajstić information content (AvgIpc) is 3.49. The highest BCUT2D eigenvalue weighted by Gasteiger charge is 2.21. The summed E-state index contributed by atoms with van der Waals surface area (Å²) in [6.45, 7) is 11.3. The van der Waals surface area contributed by atoms with Crippen molar-refractivity contribution in [1.82, 2.24) is 10.6 Å². The summed E-state index contributed by atoms with van der Waals surface area (Å²) < 4.78 is 11.3. The molecule has 1 aliphatic rings. The highest BCUT2D eigenvalue weighted by Crippen LogP contribution is 2.28. The number of benzene rings is 1. The predicted octanol–water partition coefficient (Wildman–Crippen LogP) is 3.13. The van der Waals surface area contributed by atoms with Gasteiger partial charge >= 0.3 is 0 Å². The Kier molecular flexibility index (Phi) is 9.58. The summed E-state index contributed by atoms with van der Waals surface area (Å²) in [5.41, 5.74) is 1.15. The largest absolute Gasteiger partial charge is 0.493 e. The Balaban J connectivity index is 1.81. The lowest BCUT2D eigenvalue weighted by Gasteiger charge is -2.19. The number of aliphatic hydroxyl groups excluding tert-OH is 1. The van der Waals surface area contributed by atoms with Gasteiger partial charge in [-0.3, -0.25) is 4.99 Å². The van der Waals surface area contributed by atoms with Gasteiger partial charge in [0, 0.05) is 13.2 Å². The zero-order chi connectivity index (χ0) is 20.4. The zero-order valence-corrected chi connectivity index (χ0v) is 17.8. The SMILES string of the molecule is CCNC(=NCC(O)COCC1CC1)NC(C)c1ccc(OCC(C)C)cc1. The van der Waals surface area contributed by atoms with Crippen LogP contribution < -0.4 is 15.4 Å². The minimum Gasteiger partial charge on any atom is -0.493 e. The Morgan fingerprint density at radius 1 is 1.18 bits per heavy atom. The molecule has 1 aromatic carbocycles. The maximum absolute atomic E-state index is 10.1. The van der Waals surface area contributed by atoms with E-state index in [-0.39, 0.29) is 6.04 Å². The first-order valence-electron chi connectivity index (χ1n) is 10.5. The zero-order valence-electron chi connectivity index (χ0n) is 17.8. The molecule has 2 unspecified atom stereocenters. The third-order valence-corrected chi connectivity index (χ3v) is 4.48. The molecular weight excluding hydrogens is 354 g/mol. The van der Waals surface area contributed by atoms with Gasteiger partial charge in [-0.1, -0.05) is 26.0 Å². The van der Waals surface area contributed by atoms with Crippen molar-refractivity contribution < 1.29 is 14.6 Å². The van der Waals surface area contributed by atoms with E-state index in [1.54, 1.807) is 0 Å². The van der Waals surface area contributed by atoms with Crippen LogP contribution in [0.4, 0.5) is 0 Å². The number of hydrogen-bond acceptors (Lipinski definition) is 4. The monoisotopic (exact) mass is 391 g/mol. The summed E-state index contributed by atoms with van der Waals surface area (Å²) in [5, 5.41) is 16.7. The Morgan fingerprint density at radius 3 is 2.50 bits per heavy atom. The summed E-state index contributed by atoms with van der Waals surface area (Å²) in [4.78, 5) is 4.50. The van der Waals surface area contributed by atoms with Crippen LogP contribution in [0.1, 0.15) is 52.1 Å². The van der Waals surface area contributed by atoms with Gasteiger partial charge in [0.25, 0.3) is 0 Å². The fourth-order valence-corrected chi connectivity index (χ4v) is 2.63. The maximum atomic E-state index is 10.1. The summed E-state index contributed by atoms with van der Waals surface area (Å²) in [6.07, 6.45) is 1.93. The quantitative estimate of drug-likeness (QED) is 0.377. The van der Waals surface area contributed by atoms with E-state index in [0.29, 0.717) is 30.9 Å². The maximum Gasteiger partial charge on any atom is 0.191 e. The van der Waals surface area contributed by atoms with Crippen LogP contribution in [0.2, 0.25) is 0 Å². The number of aliphatic imine (C=N–C) groups is 1. The molecule has 1 fully saturated rings. The van der Waals surface area contributed by atoms with Crippen molar-refractivity contribution in [2.75, 3.05) is 32.9 Å². The lowest BCUT2D eigenvalue weighted by Crippen LogP contribution is -2.39. The van der Waals surface area contributed by atoms with E-state index >= 15 is 0 Å². The molecule has 2 atom stereocenters. The summed E-state index contributed by atoms with van der Waals surface area (Å²) in [6, 6.07) is 8.22. The van der Waals surface area contributed by atoms with Crippen LogP contribution in [0.3, 0.4) is 0 Å². The molecule has 28 heavy (non-hydrogen) atoms. The van der Waals surface area contributed by atoms with Crippen LogP contribution in [0, 0.1) is 11.8 Å². The third-order valence-electron chi connectivity index (χ3n) is 4.48. The van der Waals surface area contributed by atoms with Crippen molar-refractivity contribution in [2.45, 2.75) is 52.7 Å². The molecule has 158 valence electrons. The standard InChI is InChI=1S/C22H37N3O3/c1-5-23-22(24-12-20(26)15-27-14-18-6-7-18)25-17(4)19-8-10-21(11-9-19)28-13-16(2)3/h8-11,16-18,20,26H,5-7,12-15H2,1-4H3,(H2,23,24,25). The van der Waals surface area contributed by atoms with Gasteiger partial charge in [0.15, 0.2) is 5.96 Å². The van der Waals surface area contributed by atoms with Crippen molar-refractivity contribution in [2.24, 2.45) is 16.8 Å². The molecule has 0 spiro atoms. The van der Waals surface area contributed by atoms with Crippen LogP contribution in [0.15, 0.2) is 29.3 Å². The molecule has 2 rings (SSSR count).